The lowest BCUT2D eigenvalue weighted by molar-refractivity contribution is -0.166. The molecule has 0 fully saturated rings. The maximum atomic E-state index is 11.5. The summed E-state index contributed by atoms with van der Waals surface area (Å²) in [5.41, 5.74) is 0. The smallest absolute Gasteiger partial charge is 0.332 e. The Balaban J connectivity index is 4.83. The van der Waals surface area contributed by atoms with Crippen LogP contribution in [-0.2, 0) is 19.1 Å². The van der Waals surface area contributed by atoms with Crippen molar-refractivity contribution >= 4 is 17.8 Å². The van der Waals surface area contributed by atoms with Crippen LogP contribution in [0.2, 0.25) is 0 Å². The molecule has 0 saturated carbocycles. The summed E-state index contributed by atoms with van der Waals surface area (Å²) in [5.74, 6) is -3.29. The molecule has 6 N–H and O–H groups in total. The third kappa shape index (κ3) is 7.11. The lowest BCUT2D eigenvalue weighted by atomic mass is 10.0. The third-order valence-corrected chi connectivity index (χ3v) is 2.50. The van der Waals surface area contributed by atoms with E-state index in [0.29, 0.717) is 0 Å². The van der Waals surface area contributed by atoms with E-state index in [1.165, 1.54) is 0 Å². The monoisotopic (exact) mass is 309 g/mol. The largest absolute Gasteiger partial charge is 0.479 e. The van der Waals surface area contributed by atoms with Gasteiger partial charge in [0.25, 0.3) is 5.91 Å². The van der Waals surface area contributed by atoms with Gasteiger partial charge >= 0.3 is 5.97 Å². The van der Waals surface area contributed by atoms with Gasteiger partial charge in [-0.25, -0.2) is 4.79 Å². The molecule has 4 atom stereocenters. The number of aliphatic hydroxyl groups is 4. The summed E-state index contributed by atoms with van der Waals surface area (Å²) in [6.45, 7) is -0.617. The zero-order valence-corrected chi connectivity index (χ0v) is 11.3. The Labute approximate surface area is 120 Å². The van der Waals surface area contributed by atoms with Gasteiger partial charge in [0.15, 0.2) is 6.10 Å². The summed E-state index contributed by atoms with van der Waals surface area (Å²) in [6.07, 6.45) is -6.91. The van der Waals surface area contributed by atoms with E-state index >= 15 is 0 Å². The van der Waals surface area contributed by atoms with Crippen LogP contribution < -0.4 is 5.32 Å². The highest BCUT2D eigenvalue weighted by molar-refractivity contribution is 5.95. The van der Waals surface area contributed by atoms with Gasteiger partial charge in [-0.3, -0.25) is 14.9 Å². The topological polar surface area (TPSA) is 174 Å². The zero-order chi connectivity index (χ0) is 16.6. The van der Waals surface area contributed by atoms with Gasteiger partial charge in [-0.15, -0.1) is 0 Å². The SMILES string of the molecule is CC(OC(CC(=O)NC(=O)CO)C(O)C(O)CO)C(=O)O. The van der Waals surface area contributed by atoms with E-state index in [1.54, 1.807) is 5.32 Å². The first-order valence-corrected chi connectivity index (χ1v) is 6.01. The highest BCUT2D eigenvalue weighted by atomic mass is 16.5. The molecule has 10 heteroatoms. The maximum Gasteiger partial charge on any atom is 0.332 e. The predicted molar refractivity (Wildman–Crippen MR) is 65.9 cm³/mol. The standard InChI is InChI=1S/C11H19NO9/c1-5(11(19)20)21-7(10(18)6(15)3-13)2-8(16)12-9(17)4-14/h5-7,10,13-15,18H,2-4H2,1H3,(H,19,20)(H,12,16,17). The lowest BCUT2D eigenvalue weighted by Crippen LogP contribution is -2.46. The second-order valence-corrected chi connectivity index (χ2v) is 4.23. The average Bonchev–Trinajstić information content (AvgIpc) is 2.44. The van der Waals surface area contributed by atoms with E-state index in [1.807, 2.05) is 0 Å². The number of carboxylic acids is 1. The van der Waals surface area contributed by atoms with Crippen LogP contribution >= 0.6 is 0 Å². The number of aliphatic hydroxyl groups excluding tert-OH is 4. The molecular formula is C11H19NO9. The normalized spacial score (nSPS) is 16.6. The van der Waals surface area contributed by atoms with Crippen molar-refractivity contribution in [2.75, 3.05) is 13.2 Å². The summed E-state index contributed by atoms with van der Waals surface area (Å²) < 4.78 is 4.93. The number of hydrogen-bond donors (Lipinski definition) is 6. The van der Waals surface area contributed by atoms with Gasteiger partial charge in [0.2, 0.25) is 5.91 Å². The van der Waals surface area contributed by atoms with Crippen LogP contribution in [0.15, 0.2) is 0 Å². The summed E-state index contributed by atoms with van der Waals surface area (Å²) in [5, 5.41) is 46.7. The minimum absolute atomic E-state index is 0.651. The summed E-state index contributed by atoms with van der Waals surface area (Å²) in [4.78, 5) is 33.0. The van der Waals surface area contributed by atoms with Crippen LogP contribution in [0.5, 0.6) is 0 Å². The first-order chi connectivity index (χ1) is 9.72. The van der Waals surface area contributed by atoms with Gasteiger partial charge in [0.05, 0.1) is 19.1 Å². The highest BCUT2D eigenvalue weighted by Gasteiger charge is 2.32. The molecule has 0 radical (unpaired) electrons. The van der Waals surface area contributed by atoms with Crippen LogP contribution in [0.25, 0.3) is 0 Å². The van der Waals surface area contributed by atoms with Crippen LogP contribution in [0.4, 0.5) is 0 Å². The molecule has 21 heavy (non-hydrogen) atoms. The number of nitrogens with one attached hydrogen (secondary N) is 1. The number of ether oxygens (including phenoxy) is 1. The predicted octanol–water partition coefficient (Wildman–Crippen LogP) is -3.42. The minimum atomic E-state index is -1.74. The van der Waals surface area contributed by atoms with Crippen molar-refractivity contribution in [3.63, 3.8) is 0 Å². The first kappa shape index (κ1) is 19.4. The van der Waals surface area contributed by atoms with Crippen molar-refractivity contribution < 1.29 is 44.7 Å². The first-order valence-electron chi connectivity index (χ1n) is 6.01. The molecule has 0 aromatic rings. The van der Waals surface area contributed by atoms with E-state index in [9.17, 15) is 24.6 Å². The molecule has 0 spiro atoms. The van der Waals surface area contributed by atoms with E-state index in [-0.39, 0.29) is 0 Å². The van der Waals surface area contributed by atoms with Crippen LogP contribution in [0.3, 0.4) is 0 Å². The Morgan fingerprint density at radius 2 is 1.71 bits per heavy atom. The zero-order valence-electron chi connectivity index (χ0n) is 11.3. The van der Waals surface area contributed by atoms with Crippen molar-refractivity contribution in [3.8, 4) is 0 Å². The lowest BCUT2D eigenvalue weighted by Gasteiger charge is -2.27. The number of hydrogen-bond acceptors (Lipinski definition) is 8. The maximum absolute atomic E-state index is 11.5. The molecule has 4 unspecified atom stereocenters. The minimum Gasteiger partial charge on any atom is -0.479 e. The number of amides is 2. The van der Waals surface area contributed by atoms with E-state index in [4.69, 9.17) is 20.1 Å². The Hall–Kier alpha value is -1.59. The molecule has 10 nitrogen and oxygen atoms in total. The number of rotatable bonds is 9. The van der Waals surface area contributed by atoms with Crippen LogP contribution in [-0.4, -0.2) is 80.9 Å². The van der Waals surface area contributed by atoms with Crippen molar-refractivity contribution in [2.24, 2.45) is 0 Å². The number of imide groups is 1. The number of aliphatic carboxylic acids is 1. The molecule has 0 aromatic carbocycles. The molecule has 0 rings (SSSR count). The van der Waals surface area contributed by atoms with E-state index in [0.717, 1.165) is 6.92 Å². The number of carbonyl (C=O) groups excluding carboxylic acids is 2. The fourth-order valence-corrected chi connectivity index (χ4v) is 1.35. The fourth-order valence-electron chi connectivity index (χ4n) is 1.35. The van der Waals surface area contributed by atoms with Gasteiger partial charge in [-0.2, -0.15) is 0 Å². The summed E-state index contributed by atoms with van der Waals surface area (Å²) >= 11 is 0. The van der Waals surface area contributed by atoms with Gasteiger partial charge in [-0.1, -0.05) is 0 Å². The van der Waals surface area contributed by atoms with Gasteiger partial charge in [-0.05, 0) is 6.92 Å². The molecule has 122 valence electrons. The molecule has 0 heterocycles. The molecule has 0 saturated heterocycles. The molecule has 0 aliphatic heterocycles. The molecule has 2 amide bonds. The Bertz CT molecular complexity index is 373. The number of carbonyl (C=O) groups is 3. The van der Waals surface area contributed by atoms with Crippen molar-refractivity contribution in [3.05, 3.63) is 0 Å². The van der Waals surface area contributed by atoms with Crippen molar-refractivity contribution in [1.29, 1.82) is 0 Å². The fraction of sp³-hybridized carbons (Fsp3) is 0.727. The average molecular weight is 309 g/mol. The van der Waals surface area contributed by atoms with Gasteiger partial charge < -0.3 is 30.3 Å². The third-order valence-electron chi connectivity index (χ3n) is 2.50. The number of carboxylic acid groups (broad SMARTS) is 1. The van der Waals surface area contributed by atoms with Crippen LogP contribution in [0.1, 0.15) is 13.3 Å². The van der Waals surface area contributed by atoms with Gasteiger partial charge in [0, 0.05) is 0 Å². The molecule has 0 bridgehead atoms. The summed E-state index contributed by atoms with van der Waals surface area (Å²) in [6, 6.07) is 0. The van der Waals surface area contributed by atoms with E-state index < -0.39 is 61.8 Å². The quantitative estimate of drug-likeness (QED) is 0.253. The molecule has 0 aliphatic carbocycles. The second kappa shape index (κ2) is 9.37. The summed E-state index contributed by atoms with van der Waals surface area (Å²) in [7, 11) is 0. The molecular weight excluding hydrogens is 290 g/mol. The van der Waals surface area contributed by atoms with Crippen LogP contribution in [0, 0.1) is 0 Å². The van der Waals surface area contributed by atoms with E-state index in [2.05, 4.69) is 0 Å². The van der Waals surface area contributed by atoms with Gasteiger partial charge in [0.1, 0.15) is 18.8 Å². The second-order valence-electron chi connectivity index (χ2n) is 4.23. The Morgan fingerprint density at radius 1 is 1.14 bits per heavy atom. The Morgan fingerprint density at radius 3 is 2.14 bits per heavy atom. The highest BCUT2D eigenvalue weighted by Crippen LogP contribution is 2.12. The van der Waals surface area contributed by atoms with Crippen molar-refractivity contribution in [2.45, 2.75) is 37.8 Å². The molecule has 0 aromatic heterocycles. The van der Waals surface area contributed by atoms with Crippen molar-refractivity contribution in [1.82, 2.24) is 5.32 Å². The Kier molecular flexibility index (Phi) is 8.66. The molecule has 0 aliphatic rings.